The Balaban J connectivity index is 2.72. The molecule has 24 heavy (non-hydrogen) atoms. The van der Waals surface area contributed by atoms with Crippen molar-refractivity contribution in [3.8, 4) is 0 Å². The first-order chi connectivity index (χ1) is 11.3. The van der Waals surface area contributed by atoms with Crippen molar-refractivity contribution in [1.29, 1.82) is 0 Å². The van der Waals surface area contributed by atoms with E-state index in [-0.39, 0.29) is 17.0 Å². The molecule has 7 heteroatoms. The number of dihydropyridines is 1. The van der Waals surface area contributed by atoms with Crippen LogP contribution in [0.4, 0.5) is 5.69 Å². The van der Waals surface area contributed by atoms with Crippen molar-refractivity contribution in [3.63, 3.8) is 0 Å². The molecule has 0 radical (unpaired) electrons. The van der Waals surface area contributed by atoms with Gasteiger partial charge in [0.15, 0.2) is 5.78 Å². The number of benzene rings is 1. The average Bonchev–Trinajstić information content (AvgIpc) is 2.53. The van der Waals surface area contributed by atoms with Crippen molar-refractivity contribution in [2.24, 2.45) is 0 Å². The molecule has 1 heterocycles. The number of ether oxygens (including phenoxy) is 1. The molecule has 1 aliphatic rings. The number of hydrogen-bond acceptors (Lipinski definition) is 6. The van der Waals surface area contributed by atoms with Crippen molar-refractivity contribution in [3.05, 3.63) is 62.5 Å². The van der Waals surface area contributed by atoms with Gasteiger partial charge >= 0.3 is 5.97 Å². The van der Waals surface area contributed by atoms with Gasteiger partial charge in [0.25, 0.3) is 5.69 Å². The van der Waals surface area contributed by atoms with Crippen LogP contribution in [0.1, 0.15) is 32.3 Å². The maximum absolute atomic E-state index is 12.3. The number of Topliss-reactive ketones (excluding diaryl/α,β-unsaturated/α-hetero) is 1. The lowest BCUT2D eigenvalue weighted by Gasteiger charge is -2.30. The monoisotopic (exact) mass is 330 g/mol. The molecule has 126 valence electrons. The Bertz CT molecular complexity index is 792. The van der Waals surface area contributed by atoms with E-state index in [1.807, 2.05) is 0 Å². The third-order valence-electron chi connectivity index (χ3n) is 3.96. The summed E-state index contributed by atoms with van der Waals surface area (Å²) < 4.78 is 4.85. The molecule has 1 aliphatic heterocycles. The van der Waals surface area contributed by atoms with Crippen LogP contribution in [0, 0.1) is 10.1 Å². The Kier molecular flexibility index (Phi) is 4.82. The zero-order valence-corrected chi connectivity index (χ0v) is 13.9. The van der Waals surface area contributed by atoms with Crippen LogP contribution in [0.15, 0.2) is 46.8 Å². The number of methoxy groups -OCH3 is 1. The van der Waals surface area contributed by atoms with Gasteiger partial charge in [0.05, 0.1) is 17.6 Å². The lowest BCUT2D eigenvalue weighted by Crippen LogP contribution is -2.31. The highest BCUT2D eigenvalue weighted by Crippen LogP contribution is 2.39. The highest BCUT2D eigenvalue weighted by molar-refractivity contribution is 6.02. The van der Waals surface area contributed by atoms with Gasteiger partial charge in [-0.2, -0.15) is 0 Å². The molecule has 0 aromatic heterocycles. The molecule has 2 rings (SSSR count). The van der Waals surface area contributed by atoms with E-state index in [2.05, 4.69) is 5.32 Å². The highest BCUT2D eigenvalue weighted by atomic mass is 16.6. The fourth-order valence-corrected chi connectivity index (χ4v) is 2.99. The number of ketones is 1. The molecular formula is C17H18N2O5. The van der Waals surface area contributed by atoms with E-state index in [1.165, 1.54) is 32.2 Å². The second kappa shape index (κ2) is 6.66. The Morgan fingerprint density at radius 3 is 2.38 bits per heavy atom. The van der Waals surface area contributed by atoms with Crippen molar-refractivity contribution in [1.82, 2.24) is 5.32 Å². The number of esters is 1. The zero-order chi connectivity index (χ0) is 18.0. The summed E-state index contributed by atoms with van der Waals surface area (Å²) in [4.78, 5) is 35.0. The lowest BCUT2D eigenvalue weighted by atomic mass is 9.79. The van der Waals surface area contributed by atoms with E-state index in [0.29, 0.717) is 22.5 Å². The molecule has 0 fully saturated rings. The van der Waals surface area contributed by atoms with Crippen LogP contribution in [0.5, 0.6) is 0 Å². The third-order valence-corrected chi connectivity index (χ3v) is 3.96. The molecule has 0 saturated heterocycles. The summed E-state index contributed by atoms with van der Waals surface area (Å²) >= 11 is 0. The number of nitro benzene ring substituents is 1. The molecule has 0 bridgehead atoms. The first kappa shape index (κ1) is 17.4. The van der Waals surface area contributed by atoms with Gasteiger partial charge in [-0.1, -0.05) is 12.1 Å². The lowest BCUT2D eigenvalue weighted by molar-refractivity contribution is -0.384. The Morgan fingerprint density at radius 1 is 1.21 bits per heavy atom. The van der Waals surface area contributed by atoms with Crippen LogP contribution < -0.4 is 5.32 Å². The van der Waals surface area contributed by atoms with E-state index in [4.69, 9.17) is 4.74 Å². The first-order valence-corrected chi connectivity index (χ1v) is 7.30. The van der Waals surface area contributed by atoms with E-state index >= 15 is 0 Å². The summed E-state index contributed by atoms with van der Waals surface area (Å²) in [6, 6.07) is 5.94. The number of rotatable bonds is 4. The zero-order valence-electron chi connectivity index (χ0n) is 13.9. The van der Waals surface area contributed by atoms with Crippen LogP contribution >= 0.6 is 0 Å². The normalized spacial score (nSPS) is 17.4. The van der Waals surface area contributed by atoms with Crippen LogP contribution in [0.3, 0.4) is 0 Å². The van der Waals surface area contributed by atoms with Gasteiger partial charge in [0, 0.05) is 35.0 Å². The topological polar surface area (TPSA) is 98.5 Å². The molecule has 1 aromatic carbocycles. The molecule has 0 amide bonds. The van der Waals surface area contributed by atoms with E-state index in [9.17, 15) is 19.7 Å². The maximum atomic E-state index is 12.3. The maximum Gasteiger partial charge on any atom is 0.336 e. The average molecular weight is 330 g/mol. The molecule has 1 aromatic rings. The second-order valence-corrected chi connectivity index (χ2v) is 5.54. The summed E-state index contributed by atoms with van der Waals surface area (Å²) in [5.41, 5.74) is 2.23. The predicted molar refractivity (Wildman–Crippen MR) is 87.1 cm³/mol. The Hall–Kier alpha value is -2.96. The van der Waals surface area contributed by atoms with Crippen LogP contribution in [-0.2, 0) is 14.3 Å². The van der Waals surface area contributed by atoms with Crippen molar-refractivity contribution in [2.45, 2.75) is 26.7 Å². The fourth-order valence-electron chi connectivity index (χ4n) is 2.99. The number of carbonyl (C=O) groups is 2. The third kappa shape index (κ3) is 3.05. The van der Waals surface area contributed by atoms with E-state index in [0.717, 1.165) is 0 Å². The molecular weight excluding hydrogens is 312 g/mol. The van der Waals surface area contributed by atoms with Gasteiger partial charge in [0.2, 0.25) is 0 Å². The highest BCUT2D eigenvalue weighted by Gasteiger charge is 2.36. The van der Waals surface area contributed by atoms with Crippen molar-refractivity contribution < 1.29 is 19.2 Å². The van der Waals surface area contributed by atoms with Gasteiger partial charge in [-0.05, 0) is 26.3 Å². The molecule has 1 atom stereocenters. The van der Waals surface area contributed by atoms with Crippen molar-refractivity contribution in [2.75, 3.05) is 7.11 Å². The number of nitrogens with one attached hydrogen (secondary N) is 1. The number of carbonyl (C=O) groups excluding carboxylic acids is 2. The second-order valence-electron chi connectivity index (χ2n) is 5.54. The summed E-state index contributed by atoms with van der Waals surface area (Å²) in [6.45, 7) is 4.84. The fraction of sp³-hybridized carbons (Fsp3) is 0.294. The number of non-ortho nitro benzene ring substituents is 1. The summed E-state index contributed by atoms with van der Waals surface area (Å²) in [5.74, 6) is -1.51. The molecule has 0 unspecified atom stereocenters. The van der Waals surface area contributed by atoms with Gasteiger partial charge in [0.1, 0.15) is 0 Å². The standard InChI is InChI=1S/C17H18N2O5/c1-9-14(11(3)20)16(15(10(2)18-9)17(21)24-4)12-6-5-7-13(8-12)19(22)23/h5-8,16,18H,1-4H3/t16-/m0/s1. The Morgan fingerprint density at radius 2 is 1.83 bits per heavy atom. The van der Waals surface area contributed by atoms with Crippen LogP contribution in [0.25, 0.3) is 0 Å². The smallest absolute Gasteiger partial charge is 0.336 e. The summed E-state index contributed by atoms with van der Waals surface area (Å²) in [7, 11) is 1.26. The number of hydrogen-bond donors (Lipinski definition) is 1. The minimum atomic E-state index is -0.712. The summed E-state index contributed by atoms with van der Waals surface area (Å²) in [5, 5.41) is 14.1. The molecule has 0 saturated carbocycles. The summed E-state index contributed by atoms with van der Waals surface area (Å²) in [6.07, 6.45) is 0. The molecule has 0 aliphatic carbocycles. The number of nitrogens with zero attached hydrogens (tertiary/aromatic N) is 1. The molecule has 1 N–H and O–H groups in total. The van der Waals surface area contributed by atoms with Gasteiger partial charge < -0.3 is 10.1 Å². The van der Waals surface area contributed by atoms with Crippen LogP contribution in [0.2, 0.25) is 0 Å². The molecule has 7 nitrogen and oxygen atoms in total. The largest absolute Gasteiger partial charge is 0.466 e. The SMILES string of the molecule is COC(=O)C1=C(C)NC(C)=C(C(C)=O)[C@@H]1c1cccc([N+](=O)[O-])c1. The molecule has 0 spiro atoms. The predicted octanol–water partition coefficient (Wildman–Crippen LogP) is 2.59. The Labute approximate surface area is 139 Å². The van der Waals surface area contributed by atoms with E-state index < -0.39 is 16.8 Å². The minimum absolute atomic E-state index is 0.103. The van der Waals surface area contributed by atoms with Gasteiger partial charge in [-0.15, -0.1) is 0 Å². The number of allylic oxidation sites excluding steroid dienone is 3. The number of nitro groups is 1. The van der Waals surface area contributed by atoms with Crippen molar-refractivity contribution >= 4 is 17.4 Å². The minimum Gasteiger partial charge on any atom is -0.466 e. The van der Waals surface area contributed by atoms with Gasteiger partial charge in [-0.25, -0.2) is 4.79 Å². The van der Waals surface area contributed by atoms with Crippen LogP contribution in [-0.4, -0.2) is 23.8 Å². The van der Waals surface area contributed by atoms with E-state index in [1.54, 1.807) is 19.9 Å². The quantitative estimate of drug-likeness (QED) is 0.517. The van der Waals surface area contributed by atoms with Gasteiger partial charge in [-0.3, -0.25) is 14.9 Å². The first-order valence-electron chi connectivity index (χ1n) is 7.30.